The van der Waals surface area contributed by atoms with Crippen LogP contribution < -0.4 is 10.2 Å². The second kappa shape index (κ2) is 9.44. The second-order valence-corrected chi connectivity index (χ2v) is 5.22. The van der Waals surface area contributed by atoms with Crippen molar-refractivity contribution in [1.82, 2.24) is 5.43 Å². The Hall–Kier alpha value is -2.86. The molecule has 2 aromatic rings. The number of benzene rings is 2. The van der Waals surface area contributed by atoms with Gasteiger partial charge in [-0.15, -0.1) is 0 Å². The van der Waals surface area contributed by atoms with Crippen molar-refractivity contribution in [1.29, 1.82) is 0 Å². The molecular formula is C18H17ClN2O4. The van der Waals surface area contributed by atoms with E-state index >= 15 is 0 Å². The molecule has 0 fully saturated rings. The molecule has 0 saturated carbocycles. The molecule has 0 aromatic heterocycles. The van der Waals surface area contributed by atoms with Gasteiger partial charge in [-0.3, -0.25) is 4.79 Å². The summed E-state index contributed by atoms with van der Waals surface area (Å²) in [5.74, 6) is -0.431. The summed E-state index contributed by atoms with van der Waals surface area (Å²) in [6.45, 7) is 1.81. The summed E-state index contributed by atoms with van der Waals surface area (Å²) < 4.78 is 10.2. The maximum Gasteiger partial charge on any atom is 0.344 e. The van der Waals surface area contributed by atoms with Crippen molar-refractivity contribution in [3.05, 3.63) is 64.7 Å². The summed E-state index contributed by atoms with van der Waals surface area (Å²) in [5.41, 5.74) is 3.33. The first kappa shape index (κ1) is 18.5. The highest BCUT2D eigenvalue weighted by molar-refractivity contribution is 6.33. The van der Waals surface area contributed by atoms with Gasteiger partial charge >= 0.3 is 5.97 Å². The first-order valence-corrected chi connectivity index (χ1v) is 7.95. The minimum absolute atomic E-state index is 0.204. The van der Waals surface area contributed by atoms with E-state index in [0.29, 0.717) is 28.5 Å². The molecule has 6 nitrogen and oxygen atoms in total. The van der Waals surface area contributed by atoms with Crippen molar-refractivity contribution < 1.29 is 19.1 Å². The third-order valence-electron chi connectivity index (χ3n) is 3.06. The molecule has 7 heteroatoms. The molecule has 2 rings (SSSR count). The van der Waals surface area contributed by atoms with Crippen molar-refractivity contribution in [2.75, 3.05) is 13.2 Å². The Bertz CT molecular complexity index is 777. The van der Waals surface area contributed by atoms with Crippen molar-refractivity contribution in [2.24, 2.45) is 5.10 Å². The van der Waals surface area contributed by atoms with Gasteiger partial charge in [0.05, 0.1) is 23.4 Å². The number of amides is 1. The third kappa shape index (κ3) is 5.61. The van der Waals surface area contributed by atoms with Gasteiger partial charge in [0.1, 0.15) is 5.75 Å². The molecule has 1 amide bonds. The predicted octanol–water partition coefficient (Wildman–Crippen LogP) is 3.05. The summed E-state index contributed by atoms with van der Waals surface area (Å²) in [4.78, 5) is 23.4. The first-order valence-electron chi connectivity index (χ1n) is 7.57. The number of carbonyl (C=O) groups is 2. The fraction of sp³-hybridized carbons (Fsp3) is 0.167. The van der Waals surface area contributed by atoms with E-state index in [0.717, 1.165) is 0 Å². The van der Waals surface area contributed by atoms with Crippen LogP contribution in [-0.4, -0.2) is 31.3 Å². The average Bonchev–Trinajstić information content (AvgIpc) is 2.61. The lowest BCUT2D eigenvalue weighted by Crippen LogP contribution is -2.18. The van der Waals surface area contributed by atoms with Gasteiger partial charge in [0.2, 0.25) is 0 Å². The van der Waals surface area contributed by atoms with Crippen LogP contribution >= 0.6 is 11.6 Å². The molecule has 0 aliphatic carbocycles. The minimum atomic E-state index is -0.457. The molecule has 0 bridgehead atoms. The summed E-state index contributed by atoms with van der Waals surface area (Å²) in [6.07, 6.45) is 1.43. The largest absolute Gasteiger partial charge is 0.481 e. The number of nitrogens with one attached hydrogen (secondary N) is 1. The molecule has 0 saturated heterocycles. The van der Waals surface area contributed by atoms with E-state index in [1.807, 2.05) is 0 Å². The molecule has 0 aliphatic rings. The van der Waals surface area contributed by atoms with Crippen LogP contribution in [0.15, 0.2) is 53.6 Å². The molecule has 130 valence electrons. The van der Waals surface area contributed by atoms with Gasteiger partial charge in [-0.25, -0.2) is 10.2 Å². The lowest BCUT2D eigenvalue weighted by atomic mass is 10.2. The van der Waals surface area contributed by atoms with Crippen LogP contribution in [0.2, 0.25) is 5.02 Å². The first-order chi connectivity index (χ1) is 12.1. The number of carbonyl (C=O) groups excluding carboxylic acids is 2. The van der Waals surface area contributed by atoms with Crippen LogP contribution in [0.5, 0.6) is 5.75 Å². The Morgan fingerprint density at radius 3 is 2.64 bits per heavy atom. The fourth-order valence-corrected chi connectivity index (χ4v) is 2.15. The van der Waals surface area contributed by atoms with Crippen molar-refractivity contribution in [2.45, 2.75) is 6.92 Å². The molecule has 25 heavy (non-hydrogen) atoms. The monoisotopic (exact) mass is 360 g/mol. The number of ether oxygens (including phenoxy) is 2. The average molecular weight is 361 g/mol. The van der Waals surface area contributed by atoms with Crippen molar-refractivity contribution in [3.8, 4) is 5.75 Å². The molecule has 0 atom stereocenters. The van der Waals surface area contributed by atoms with E-state index < -0.39 is 11.9 Å². The number of esters is 1. The summed E-state index contributed by atoms with van der Waals surface area (Å²) >= 11 is 5.96. The summed E-state index contributed by atoms with van der Waals surface area (Å²) in [7, 11) is 0. The highest BCUT2D eigenvalue weighted by atomic mass is 35.5. The van der Waals surface area contributed by atoms with E-state index in [4.69, 9.17) is 21.1 Å². The van der Waals surface area contributed by atoms with Crippen LogP contribution in [0.25, 0.3) is 0 Å². The number of hydrogen-bond donors (Lipinski definition) is 1. The van der Waals surface area contributed by atoms with Crippen LogP contribution in [0.1, 0.15) is 22.8 Å². The van der Waals surface area contributed by atoms with Crippen LogP contribution in [0.3, 0.4) is 0 Å². The predicted molar refractivity (Wildman–Crippen MR) is 95.1 cm³/mol. The summed E-state index contributed by atoms with van der Waals surface area (Å²) in [6, 6.07) is 13.7. The quantitative estimate of drug-likeness (QED) is 0.467. The van der Waals surface area contributed by atoms with E-state index in [9.17, 15) is 9.59 Å². The number of hydrazone groups is 1. The Morgan fingerprint density at radius 2 is 1.88 bits per heavy atom. The van der Waals surface area contributed by atoms with Gasteiger partial charge in [-0.05, 0) is 31.2 Å². The SMILES string of the molecule is CCOC(=O)COc1ccccc1/C=N/NC(=O)c1ccccc1Cl. The van der Waals surface area contributed by atoms with E-state index in [2.05, 4.69) is 10.5 Å². The topological polar surface area (TPSA) is 77.0 Å². The maximum absolute atomic E-state index is 12.0. The minimum Gasteiger partial charge on any atom is -0.481 e. The second-order valence-electron chi connectivity index (χ2n) is 4.81. The zero-order valence-corrected chi connectivity index (χ0v) is 14.3. The Balaban J connectivity index is 2.00. The smallest absolute Gasteiger partial charge is 0.344 e. The zero-order valence-electron chi connectivity index (χ0n) is 13.6. The maximum atomic E-state index is 12.0. The van der Waals surface area contributed by atoms with Gasteiger partial charge in [-0.2, -0.15) is 5.10 Å². The van der Waals surface area contributed by atoms with Crippen LogP contribution in [0.4, 0.5) is 0 Å². The number of rotatable bonds is 7. The van der Waals surface area contributed by atoms with E-state index in [-0.39, 0.29) is 6.61 Å². The van der Waals surface area contributed by atoms with Gasteiger partial charge in [0, 0.05) is 5.56 Å². The standard InChI is InChI=1S/C18H17ClN2O4/c1-2-24-17(22)12-25-16-10-6-3-7-13(16)11-20-21-18(23)14-8-4-5-9-15(14)19/h3-11H,2,12H2,1H3,(H,21,23)/b20-11+. The molecule has 2 aromatic carbocycles. The molecular weight excluding hydrogens is 344 g/mol. The van der Waals surface area contributed by atoms with Crippen LogP contribution in [-0.2, 0) is 9.53 Å². The van der Waals surface area contributed by atoms with Crippen molar-refractivity contribution in [3.63, 3.8) is 0 Å². The van der Waals surface area contributed by atoms with Gasteiger partial charge in [-0.1, -0.05) is 35.9 Å². The number of hydrogen-bond acceptors (Lipinski definition) is 5. The lowest BCUT2D eigenvalue weighted by molar-refractivity contribution is -0.145. The molecule has 0 radical (unpaired) electrons. The highest BCUT2D eigenvalue weighted by Crippen LogP contribution is 2.16. The van der Waals surface area contributed by atoms with E-state index in [1.165, 1.54) is 6.21 Å². The molecule has 1 N–H and O–H groups in total. The van der Waals surface area contributed by atoms with Gasteiger partial charge in [0.15, 0.2) is 6.61 Å². The Kier molecular flexibility index (Phi) is 6.98. The Labute approximate surface area is 150 Å². The molecule has 0 spiro atoms. The highest BCUT2D eigenvalue weighted by Gasteiger charge is 2.09. The van der Waals surface area contributed by atoms with E-state index in [1.54, 1.807) is 55.5 Å². The third-order valence-corrected chi connectivity index (χ3v) is 3.39. The van der Waals surface area contributed by atoms with Gasteiger partial charge in [0.25, 0.3) is 5.91 Å². The zero-order chi connectivity index (χ0) is 18.1. The molecule has 0 aliphatic heterocycles. The number of halogens is 1. The normalized spacial score (nSPS) is 10.5. The number of nitrogens with zero attached hydrogens (tertiary/aromatic N) is 1. The Morgan fingerprint density at radius 1 is 1.16 bits per heavy atom. The lowest BCUT2D eigenvalue weighted by Gasteiger charge is -2.08. The molecule has 0 heterocycles. The molecule has 0 unspecified atom stereocenters. The number of para-hydroxylation sites is 1. The van der Waals surface area contributed by atoms with Crippen molar-refractivity contribution >= 4 is 29.7 Å². The van der Waals surface area contributed by atoms with Crippen LogP contribution in [0, 0.1) is 0 Å². The van der Waals surface area contributed by atoms with Gasteiger partial charge < -0.3 is 9.47 Å². The fourth-order valence-electron chi connectivity index (χ4n) is 1.92. The summed E-state index contributed by atoms with van der Waals surface area (Å²) in [5, 5.41) is 4.24.